The molecule has 1 N–H and O–H groups in total. The van der Waals surface area contributed by atoms with Crippen molar-refractivity contribution in [2.75, 3.05) is 0 Å². The van der Waals surface area contributed by atoms with E-state index in [0.717, 1.165) is 5.82 Å². The molecule has 2 aromatic heterocycles. The maximum absolute atomic E-state index is 12.6. The summed E-state index contributed by atoms with van der Waals surface area (Å²) in [6.45, 7) is 1.99. The van der Waals surface area contributed by atoms with Crippen molar-refractivity contribution in [3.8, 4) is 0 Å². The second-order valence-corrected chi connectivity index (χ2v) is 4.91. The lowest BCUT2D eigenvalue weighted by atomic mass is 10.1. The highest BCUT2D eigenvalue weighted by molar-refractivity contribution is 6.04. The fraction of sp³-hybridized carbons (Fsp3) is 0.267. The molecule has 3 aromatic rings. The molecule has 22 heavy (non-hydrogen) atoms. The molecule has 1 amide bonds. The number of benzene rings is 1. The molecule has 0 radical (unpaired) electrons. The maximum Gasteiger partial charge on any atom is 0.254 e. The van der Waals surface area contributed by atoms with E-state index >= 15 is 0 Å². The molecule has 0 saturated heterocycles. The van der Waals surface area contributed by atoms with E-state index in [-0.39, 0.29) is 11.9 Å². The predicted octanol–water partition coefficient (Wildman–Crippen LogP) is 1.64. The fourth-order valence-electron chi connectivity index (χ4n) is 2.38. The summed E-state index contributed by atoms with van der Waals surface area (Å²) in [4.78, 5) is 25.3. The molecule has 2 heterocycles. The largest absolute Gasteiger partial charge is 0.342 e. The van der Waals surface area contributed by atoms with Crippen molar-refractivity contribution in [3.63, 3.8) is 0 Å². The molecule has 0 saturated carbocycles. The Morgan fingerprint density at radius 3 is 2.82 bits per heavy atom. The molecule has 0 bridgehead atoms. The second-order valence-electron chi connectivity index (χ2n) is 4.91. The van der Waals surface area contributed by atoms with E-state index in [4.69, 9.17) is 0 Å². The van der Waals surface area contributed by atoms with Gasteiger partial charge in [-0.2, -0.15) is 5.10 Å². The van der Waals surface area contributed by atoms with Crippen LogP contribution < -0.4 is 5.32 Å². The highest BCUT2D eigenvalue weighted by atomic mass is 16.1. The number of amides is 1. The summed E-state index contributed by atoms with van der Waals surface area (Å²) >= 11 is 0. The number of hydrogen-bond donors (Lipinski definition) is 1. The average molecular weight is 296 g/mol. The average Bonchev–Trinajstić information content (AvgIpc) is 2.97. The molecule has 0 spiro atoms. The van der Waals surface area contributed by atoms with E-state index in [2.05, 4.69) is 25.4 Å². The van der Waals surface area contributed by atoms with Gasteiger partial charge < -0.3 is 5.32 Å². The Hall–Kier alpha value is -2.83. The van der Waals surface area contributed by atoms with E-state index < -0.39 is 0 Å². The molecular formula is C15H16N6O. The standard InChI is InChI=1S/C15H16N6O/c1-3-11(14-18-9-19-21(14)2)20-15(22)10-5-4-6-12-13(10)17-8-7-16-12/h4-9,11H,3H2,1-2H3,(H,20,22). The molecule has 0 fully saturated rings. The number of nitrogens with zero attached hydrogens (tertiary/aromatic N) is 5. The summed E-state index contributed by atoms with van der Waals surface area (Å²) < 4.78 is 1.66. The minimum Gasteiger partial charge on any atom is -0.342 e. The zero-order chi connectivity index (χ0) is 15.5. The van der Waals surface area contributed by atoms with Gasteiger partial charge in [0.1, 0.15) is 17.7 Å². The van der Waals surface area contributed by atoms with Crippen molar-refractivity contribution in [1.82, 2.24) is 30.0 Å². The lowest BCUT2D eigenvalue weighted by Crippen LogP contribution is -2.30. The predicted molar refractivity (Wildman–Crippen MR) is 81.0 cm³/mol. The molecule has 1 aromatic carbocycles. The zero-order valence-corrected chi connectivity index (χ0v) is 12.4. The molecule has 112 valence electrons. The first-order valence-electron chi connectivity index (χ1n) is 7.05. The number of fused-ring (bicyclic) bond motifs is 1. The number of rotatable bonds is 4. The van der Waals surface area contributed by atoms with Gasteiger partial charge in [0.25, 0.3) is 5.91 Å². The van der Waals surface area contributed by atoms with E-state index in [9.17, 15) is 4.79 Å². The monoisotopic (exact) mass is 296 g/mol. The number of aromatic nitrogens is 5. The van der Waals surface area contributed by atoms with E-state index in [0.29, 0.717) is 23.0 Å². The zero-order valence-electron chi connectivity index (χ0n) is 12.4. The highest BCUT2D eigenvalue weighted by Gasteiger charge is 2.19. The van der Waals surface area contributed by atoms with Crippen LogP contribution >= 0.6 is 0 Å². The second kappa shape index (κ2) is 5.88. The summed E-state index contributed by atoms with van der Waals surface area (Å²) in [5, 5.41) is 7.04. The maximum atomic E-state index is 12.6. The highest BCUT2D eigenvalue weighted by Crippen LogP contribution is 2.17. The number of carbonyl (C=O) groups is 1. The van der Waals surface area contributed by atoms with Gasteiger partial charge in [-0.1, -0.05) is 13.0 Å². The summed E-state index contributed by atoms with van der Waals surface area (Å²) in [5.41, 5.74) is 1.79. The first-order chi connectivity index (χ1) is 10.7. The third kappa shape index (κ3) is 2.52. The summed E-state index contributed by atoms with van der Waals surface area (Å²) in [6.07, 6.45) is 5.39. The molecule has 0 aliphatic carbocycles. The van der Waals surface area contributed by atoms with Crippen molar-refractivity contribution in [2.45, 2.75) is 19.4 Å². The Kier molecular flexibility index (Phi) is 3.78. The lowest BCUT2D eigenvalue weighted by molar-refractivity contribution is 0.0934. The van der Waals surface area contributed by atoms with Gasteiger partial charge in [-0.25, -0.2) is 4.98 Å². The van der Waals surface area contributed by atoms with Crippen molar-refractivity contribution in [3.05, 3.63) is 48.3 Å². The topological polar surface area (TPSA) is 85.6 Å². The van der Waals surface area contributed by atoms with Gasteiger partial charge in [0.2, 0.25) is 0 Å². The Balaban J connectivity index is 1.91. The molecule has 3 rings (SSSR count). The van der Waals surface area contributed by atoms with Crippen molar-refractivity contribution >= 4 is 16.9 Å². The molecule has 7 heteroatoms. The van der Waals surface area contributed by atoms with Crippen LogP contribution in [0.1, 0.15) is 35.6 Å². The van der Waals surface area contributed by atoms with Gasteiger partial charge in [-0.05, 0) is 18.6 Å². The summed E-state index contributed by atoms with van der Waals surface area (Å²) in [6, 6.07) is 5.18. The van der Waals surface area contributed by atoms with Gasteiger partial charge in [0.15, 0.2) is 0 Å². The van der Waals surface area contributed by atoms with Gasteiger partial charge in [-0.15, -0.1) is 0 Å². The quantitative estimate of drug-likeness (QED) is 0.791. The number of para-hydroxylation sites is 1. The SMILES string of the molecule is CCC(NC(=O)c1cccc2nccnc12)c1ncnn1C. The number of aryl methyl sites for hydroxylation is 1. The fourth-order valence-corrected chi connectivity index (χ4v) is 2.38. The van der Waals surface area contributed by atoms with E-state index in [1.807, 2.05) is 13.0 Å². The third-order valence-electron chi connectivity index (χ3n) is 3.51. The van der Waals surface area contributed by atoms with Crippen LogP contribution in [0, 0.1) is 0 Å². The van der Waals surface area contributed by atoms with Crippen LogP contribution in [0.2, 0.25) is 0 Å². The van der Waals surface area contributed by atoms with Crippen molar-refractivity contribution < 1.29 is 4.79 Å². The lowest BCUT2D eigenvalue weighted by Gasteiger charge is -2.16. The normalized spacial score (nSPS) is 12.3. The van der Waals surface area contributed by atoms with Crippen molar-refractivity contribution in [2.24, 2.45) is 7.05 Å². The van der Waals surface area contributed by atoms with Crippen LogP contribution in [0.15, 0.2) is 36.9 Å². The molecular weight excluding hydrogens is 280 g/mol. The molecule has 0 aliphatic heterocycles. The Morgan fingerprint density at radius 2 is 2.09 bits per heavy atom. The number of carbonyl (C=O) groups excluding carboxylic acids is 1. The van der Waals surface area contributed by atoms with Crippen LogP contribution in [0.25, 0.3) is 11.0 Å². The van der Waals surface area contributed by atoms with Gasteiger partial charge in [0, 0.05) is 19.4 Å². The van der Waals surface area contributed by atoms with Crippen LogP contribution in [0.3, 0.4) is 0 Å². The third-order valence-corrected chi connectivity index (χ3v) is 3.51. The Labute approximate surface area is 127 Å². The van der Waals surface area contributed by atoms with Gasteiger partial charge in [-0.3, -0.25) is 19.4 Å². The van der Waals surface area contributed by atoms with Crippen LogP contribution in [0.5, 0.6) is 0 Å². The Bertz CT molecular complexity index is 807. The Morgan fingerprint density at radius 1 is 1.27 bits per heavy atom. The number of nitrogens with one attached hydrogen (secondary N) is 1. The molecule has 1 atom stereocenters. The molecule has 0 aliphatic rings. The first-order valence-corrected chi connectivity index (χ1v) is 7.05. The van der Waals surface area contributed by atoms with Crippen molar-refractivity contribution in [1.29, 1.82) is 0 Å². The first kappa shape index (κ1) is 14.1. The van der Waals surface area contributed by atoms with Crippen LogP contribution in [-0.2, 0) is 7.05 Å². The van der Waals surface area contributed by atoms with Crippen LogP contribution in [0.4, 0.5) is 0 Å². The minimum atomic E-state index is -0.202. The smallest absolute Gasteiger partial charge is 0.254 e. The van der Waals surface area contributed by atoms with E-state index in [1.54, 1.807) is 36.3 Å². The minimum absolute atomic E-state index is 0.194. The van der Waals surface area contributed by atoms with Crippen LogP contribution in [-0.4, -0.2) is 30.6 Å². The van der Waals surface area contributed by atoms with Gasteiger partial charge >= 0.3 is 0 Å². The van der Waals surface area contributed by atoms with Gasteiger partial charge in [0.05, 0.1) is 17.1 Å². The summed E-state index contributed by atoms with van der Waals surface area (Å²) in [5.74, 6) is 0.531. The number of hydrogen-bond acceptors (Lipinski definition) is 5. The molecule has 7 nitrogen and oxygen atoms in total. The van der Waals surface area contributed by atoms with E-state index in [1.165, 1.54) is 6.33 Å². The molecule has 1 unspecified atom stereocenters. The summed E-state index contributed by atoms with van der Waals surface area (Å²) in [7, 11) is 1.81.